The highest BCUT2D eigenvalue weighted by Crippen LogP contribution is 2.42. The molecule has 2 fully saturated rings. The summed E-state index contributed by atoms with van der Waals surface area (Å²) in [4.78, 5) is 30.1. The molecule has 2 saturated heterocycles. The van der Waals surface area contributed by atoms with Crippen molar-refractivity contribution in [3.8, 4) is 45.4 Å². The maximum atomic E-state index is 12.1. The summed E-state index contributed by atoms with van der Waals surface area (Å²) in [6.07, 6.45) is 5.30. The van der Waals surface area contributed by atoms with Crippen LogP contribution in [0.3, 0.4) is 0 Å². The normalized spacial score (nSPS) is 17.2. The predicted octanol–water partition coefficient (Wildman–Crippen LogP) is 4.08. The molecule has 0 saturated carbocycles. The first kappa shape index (κ1) is 35.9. The lowest BCUT2D eigenvalue weighted by molar-refractivity contribution is -0.119. The minimum atomic E-state index is -3.14. The van der Waals surface area contributed by atoms with Crippen molar-refractivity contribution < 1.29 is 22.7 Å². The molecule has 0 unspecified atom stereocenters. The van der Waals surface area contributed by atoms with Gasteiger partial charge in [0.2, 0.25) is 27.7 Å². The zero-order valence-corrected chi connectivity index (χ0v) is 30.0. The van der Waals surface area contributed by atoms with Crippen LogP contribution >= 0.6 is 23.2 Å². The van der Waals surface area contributed by atoms with E-state index in [9.17, 15) is 13.2 Å². The van der Waals surface area contributed by atoms with Crippen molar-refractivity contribution in [2.75, 3.05) is 46.2 Å². The Hall–Kier alpha value is -3.92. The van der Waals surface area contributed by atoms with Gasteiger partial charge in [0.25, 0.3) is 0 Å². The van der Waals surface area contributed by atoms with Gasteiger partial charge in [-0.25, -0.2) is 22.7 Å². The number of amides is 1. The zero-order valence-electron chi connectivity index (χ0n) is 27.7. The van der Waals surface area contributed by atoms with E-state index in [-0.39, 0.29) is 17.7 Å². The van der Waals surface area contributed by atoms with Gasteiger partial charge in [0.05, 0.1) is 53.8 Å². The second kappa shape index (κ2) is 16.0. The van der Waals surface area contributed by atoms with E-state index < -0.39 is 10.0 Å². The van der Waals surface area contributed by atoms with Gasteiger partial charge >= 0.3 is 0 Å². The molecule has 1 atom stereocenters. The van der Waals surface area contributed by atoms with Gasteiger partial charge in [0, 0.05) is 74.0 Å². The SMILES string of the molecule is COc1nc(-c2cccc(-c3cccc(-c4cnc(CNC[C@@H]5CCC(=O)N5)c(OC)n4)c3Cl)c2Cl)cnc1CNCCN1CCCS1(=O)=O. The number of benzene rings is 2. The first-order valence-corrected chi connectivity index (χ1v) is 18.6. The van der Waals surface area contributed by atoms with Crippen molar-refractivity contribution in [2.24, 2.45) is 0 Å². The summed E-state index contributed by atoms with van der Waals surface area (Å²) in [6, 6.07) is 11.3. The number of halogens is 2. The topological polar surface area (TPSA) is 161 Å². The molecule has 1 amide bonds. The van der Waals surface area contributed by atoms with Gasteiger partial charge in [-0.05, 0) is 12.8 Å². The van der Waals surface area contributed by atoms with Crippen molar-refractivity contribution in [3.05, 3.63) is 70.2 Å². The van der Waals surface area contributed by atoms with Crippen LogP contribution in [0.15, 0.2) is 48.8 Å². The number of hydrogen-bond acceptors (Lipinski definition) is 11. The Morgan fingerprint density at radius 1 is 0.880 bits per heavy atom. The molecular weight excluding hydrogens is 703 g/mol. The van der Waals surface area contributed by atoms with E-state index in [0.29, 0.717) is 119 Å². The Bertz CT molecular complexity index is 1980. The lowest BCUT2D eigenvalue weighted by Gasteiger charge is -2.16. The average Bonchev–Trinajstić information content (AvgIpc) is 3.69. The number of ether oxygens (including phenoxy) is 2. The second-order valence-corrected chi connectivity index (χ2v) is 14.8. The molecule has 2 aliphatic rings. The summed E-state index contributed by atoms with van der Waals surface area (Å²) in [7, 11) is -0.0740. The summed E-state index contributed by atoms with van der Waals surface area (Å²) < 4.78 is 36.8. The van der Waals surface area contributed by atoms with Gasteiger partial charge in [0.15, 0.2) is 0 Å². The molecule has 2 aromatic heterocycles. The fourth-order valence-electron chi connectivity index (χ4n) is 6.05. The molecule has 3 N–H and O–H groups in total. The Morgan fingerprint density at radius 2 is 1.44 bits per heavy atom. The lowest BCUT2D eigenvalue weighted by atomic mass is 9.98. The van der Waals surface area contributed by atoms with E-state index in [4.69, 9.17) is 42.6 Å². The van der Waals surface area contributed by atoms with Gasteiger partial charge in [-0.2, -0.15) is 0 Å². The molecule has 0 aliphatic carbocycles. The third-order valence-corrected chi connectivity index (χ3v) is 11.4. The van der Waals surface area contributed by atoms with Crippen LogP contribution in [0, 0.1) is 0 Å². The van der Waals surface area contributed by atoms with Crippen molar-refractivity contribution in [3.63, 3.8) is 0 Å². The van der Waals surface area contributed by atoms with E-state index in [1.54, 1.807) is 19.5 Å². The zero-order chi connectivity index (χ0) is 35.3. The van der Waals surface area contributed by atoms with Gasteiger partial charge in [0.1, 0.15) is 11.4 Å². The van der Waals surface area contributed by atoms with Crippen LogP contribution in [0.2, 0.25) is 10.0 Å². The van der Waals surface area contributed by atoms with Crippen LogP contribution in [0.1, 0.15) is 30.7 Å². The Kier molecular flexibility index (Phi) is 11.5. The summed E-state index contributed by atoms with van der Waals surface area (Å²) >= 11 is 14.1. The van der Waals surface area contributed by atoms with E-state index in [0.717, 1.165) is 6.42 Å². The van der Waals surface area contributed by atoms with Gasteiger partial charge in [-0.3, -0.25) is 14.8 Å². The molecular formula is C34H38Cl2N8O5S. The quantitative estimate of drug-likeness (QED) is 0.160. The molecule has 4 aromatic rings. The van der Waals surface area contributed by atoms with Crippen molar-refractivity contribution in [1.29, 1.82) is 0 Å². The average molecular weight is 742 g/mol. The number of carbonyl (C=O) groups excluding carboxylic acids is 1. The third kappa shape index (κ3) is 8.01. The molecule has 4 heterocycles. The molecule has 264 valence electrons. The van der Waals surface area contributed by atoms with Crippen molar-refractivity contribution in [2.45, 2.75) is 38.4 Å². The highest BCUT2D eigenvalue weighted by atomic mass is 35.5. The maximum absolute atomic E-state index is 12.1. The van der Waals surface area contributed by atoms with E-state index >= 15 is 0 Å². The number of sulfonamides is 1. The van der Waals surface area contributed by atoms with Crippen molar-refractivity contribution in [1.82, 2.24) is 40.2 Å². The minimum absolute atomic E-state index is 0.0744. The summed E-state index contributed by atoms with van der Waals surface area (Å²) in [5.41, 5.74) is 4.97. The predicted molar refractivity (Wildman–Crippen MR) is 192 cm³/mol. The maximum Gasteiger partial charge on any atom is 0.237 e. The van der Waals surface area contributed by atoms with Crippen LogP contribution < -0.4 is 25.4 Å². The second-order valence-electron chi connectivity index (χ2n) is 11.9. The number of hydrogen-bond donors (Lipinski definition) is 3. The van der Waals surface area contributed by atoms with Crippen LogP contribution in [0.5, 0.6) is 11.8 Å². The molecule has 6 rings (SSSR count). The lowest BCUT2D eigenvalue weighted by Crippen LogP contribution is -2.35. The van der Waals surface area contributed by atoms with Crippen LogP contribution in [0.4, 0.5) is 0 Å². The number of nitrogens with zero attached hydrogens (tertiary/aromatic N) is 5. The molecule has 2 aliphatic heterocycles. The van der Waals surface area contributed by atoms with Crippen LogP contribution in [-0.2, 0) is 27.9 Å². The fraction of sp³-hybridized carbons (Fsp3) is 0.382. The van der Waals surface area contributed by atoms with E-state index in [1.807, 2.05) is 36.4 Å². The third-order valence-electron chi connectivity index (χ3n) is 8.65. The van der Waals surface area contributed by atoms with Gasteiger partial charge in [-0.15, -0.1) is 0 Å². The molecule has 0 spiro atoms. The summed E-state index contributed by atoms with van der Waals surface area (Å²) in [5, 5.41) is 10.4. The Morgan fingerprint density at radius 3 is 1.94 bits per heavy atom. The first-order valence-electron chi connectivity index (χ1n) is 16.2. The number of nitrogens with one attached hydrogen (secondary N) is 3. The number of carbonyl (C=O) groups is 1. The van der Waals surface area contributed by atoms with Crippen molar-refractivity contribution >= 4 is 39.1 Å². The molecule has 13 nitrogen and oxygen atoms in total. The number of aromatic nitrogens is 4. The fourth-order valence-corrected chi connectivity index (χ4v) is 8.22. The molecule has 0 radical (unpaired) electrons. The highest BCUT2D eigenvalue weighted by molar-refractivity contribution is 7.89. The van der Waals surface area contributed by atoms with Gasteiger partial charge < -0.3 is 25.4 Å². The number of methoxy groups -OCH3 is 2. The van der Waals surface area contributed by atoms with Crippen LogP contribution in [-0.4, -0.2) is 90.8 Å². The molecule has 50 heavy (non-hydrogen) atoms. The van der Waals surface area contributed by atoms with Gasteiger partial charge in [-0.1, -0.05) is 59.6 Å². The largest absolute Gasteiger partial charge is 0.480 e. The monoisotopic (exact) mass is 740 g/mol. The number of rotatable bonds is 14. The smallest absolute Gasteiger partial charge is 0.237 e. The molecule has 2 aromatic carbocycles. The minimum Gasteiger partial charge on any atom is -0.480 e. The first-order chi connectivity index (χ1) is 24.2. The summed E-state index contributed by atoms with van der Waals surface area (Å²) in [5.74, 6) is 0.987. The Balaban J connectivity index is 1.18. The standard InChI is InChI=1S/C34H38Cl2N8O5S/c1-48-33-28(17-37-12-14-44-13-5-15-50(44,46)47)39-19-26(42-33)24-8-3-6-22(31(24)35)23-7-4-9-25(32(23)36)27-20-40-29(34(43-27)49-2)18-38-16-21-10-11-30(45)41-21/h3-4,6-9,19-21,37-38H,5,10-18H2,1-2H3,(H,41,45)/t21-/m0/s1. The van der Waals surface area contributed by atoms with E-state index in [1.165, 1.54) is 11.4 Å². The molecule has 0 bridgehead atoms. The summed E-state index contributed by atoms with van der Waals surface area (Å²) in [6.45, 7) is 2.83. The van der Waals surface area contributed by atoms with E-state index in [2.05, 4.69) is 25.9 Å². The van der Waals surface area contributed by atoms with Crippen LogP contribution in [0.25, 0.3) is 33.6 Å². The Labute approximate surface area is 301 Å². The molecule has 16 heteroatoms. The highest BCUT2D eigenvalue weighted by Gasteiger charge is 2.27.